The molecule has 1 rings (SSSR count). The molecule has 0 aromatic carbocycles. The number of methoxy groups -OCH3 is 3. The van der Waals surface area contributed by atoms with Crippen LogP contribution in [-0.4, -0.2) is 71.2 Å². The maximum absolute atomic E-state index is 9.93. The van der Waals surface area contributed by atoms with Crippen LogP contribution in [0.5, 0.6) is 0 Å². The molecule has 4 atom stereocenters. The van der Waals surface area contributed by atoms with Gasteiger partial charge in [0, 0.05) is 21.3 Å². The summed E-state index contributed by atoms with van der Waals surface area (Å²) in [6.45, 7) is 0.249. The first-order valence-electron chi connectivity index (χ1n) is 5.92. The van der Waals surface area contributed by atoms with E-state index in [-0.39, 0.29) is 26.5 Å². The second kappa shape index (κ2) is 9.38. The average molecular weight is 278 g/mol. The first kappa shape index (κ1) is 16.5. The Morgan fingerprint density at radius 1 is 0.789 bits per heavy atom. The minimum atomic E-state index is -0.792. The predicted octanol–water partition coefficient (Wildman–Crippen LogP) is -0.116. The summed E-state index contributed by atoms with van der Waals surface area (Å²) in [6.07, 6.45) is 1.04. The van der Waals surface area contributed by atoms with E-state index in [0.717, 1.165) is 0 Å². The summed E-state index contributed by atoms with van der Waals surface area (Å²) in [5.74, 6) is 0. The van der Waals surface area contributed by atoms with Crippen LogP contribution in [0.2, 0.25) is 0 Å². The van der Waals surface area contributed by atoms with Gasteiger partial charge in [-0.15, -0.1) is 0 Å². The van der Waals surface area contributed by atoms with Crippen molar-refractivity contribution in [1.29, 1.82) is 0 Å². The molecular formula is C12H22O7. The fourth-order valence-electron chi connectivity index (χ4n) is 1.80. The second-order valence-electron chi connectivity index (χ2n) is 3.99. The number of rotatable bonds is 9. The molecule has 0 aliphatic heterocycles. The monoisotopic (exact) mass is 278 g/mol. The van der Waals surface area contributed by atoms with Crippen molar-refractivity contribution in [1.82, 2.24) is 0 Å². The minimum Gasteiger partial charge on any atom is -0.386 e. The molecule has 0 fully saturated rings. The molecule has 0 amide bonds. The summed E-state index contributed by atoms with van der Waals surface area (Å²) in [7, 11) is 4.56. The van der Waals surface area contributed by atoms with Crippen LogP contribution in [0.4, 0.5) is 0 Å². The molecule has 1 N–H and O–H groups in total. The summed E-state index contributed by atoms with van der Waals surface area (Å²) in [4.78, 5) is 0. The smallest absolute Gasteiger partial charge is 0.147 e. The Morgan fingerprint density at radius 3 is 1.89 bits per heavy atom. The quantitative estimate of drug-likeness (QED) is 0.465. The normalized spacial score (nSPS) is 30.7. The van der Waals surface area contributed by atoms with Gasteiger partial charge in [-0.05, 0) is 0 Å². The molecule has 0 saturated heterocycles. The predicted molar refractivity (Wildman–Crippen MR) is 65.4 cm³/mol. The molecule has 0 spiro atoms. The molecule has 0 heterocycles. The highest BCUT2D eigenvalue weighted by Crippen LogP contribution is 2.22. The zero-order chi connectivity index (χ0) is 14.1. The molecule has 0 aromatic heterocycles. The van der Waals surface area contributed by atoms with Gasteiger partial charge in [-0.2, -0.15) is 0 Å². The van der Waals surface area contributed by atoms with Crippen molar-refractivity contribution in [2.75, 3.05) is 41.7 Å². The van der Waals surface area contributed by atoms with Crippen molar-refractivity contribution >= 4 is 0 Å². The zero-order valence-corrected chi connectivity index (χ0v) is 11.5. The van der Waals surface area contributed by atoms with Gasteiger partial charge in [-0.1, -0.05) is 12.2 Å². The largest absolute Gasteiger partial charge is 0.386 e. The maximum atomic E-state index is 9.93. The Hall–Kier alpha value is -0.540. The van der Waals surface area contributed by atoms with E-state index in [1.165, 1.54) is 21.3 Å². The third kappa shape index (κ3) is 5.15. The topological polar surface area (TPSA) is 75.6 Å². The van der Waals surface area contributed by atoms with Crippen molar-refractivity contribution in [3.63, 3.8) is 0 Å². The lowest BCUT2D eigenvalue weighted by atomic mass is 9.96. The molecule has 0 saturated carbocycles. The maximum Gasteiger partial charge on any atom is 0.147 e. The van der Waals surface area contributed by atoms with E-state index >= 15 is 0 Å². The van der Waals surface area contributed by atoms with Gasteiger partial charge in [0.1, 0.15) is 44.8 Å². The van der Waals surface area contributed by atoms with Crippen molar-refractivity contribution in [2.45, 2.75) is 24.4 Å². The summed E-state index contributed by atoms with van der Waals surface area (Å²) in [6, 6.07) is 0. The minimum absolute atomic E-state index is 0.0550. The van der Waals surface area contributed by atoms with E-state index in [9.17, 15) is 5.11 Å². The highest BCUT2D eigenvalue weighted by atomic mass is 16.7. The van der Waals surface area contributed by atoms with Gasteiger partial charge in [0.2, 0.25) is 0 Å². The molecule has 0 radical (unpaired) electrons. The Kier molecular flexibility index (Phi) is 8.15. The Bertz CT molecular complexity index is 258. The molecule has 0 bridgehead atoms. The van der Waals surface area contributed by atoms with Gasteiger partial charge < -0.3 is 33.5 Å². The third-order valence-corrected chi connectivity index (χ3v) is 2.62. The second-order valence-corrected chi connectivity index (χ2v) is 3.99. The summed E-state index contributed by atoms with van der Waals surface area (Å²) in [5, 5.41) is 9.93. The lowest BCUT2D eigenvalue weighted by Crippen LogP contribution is -2.51. The standard InChI is InChI=1S/C12H22O7/c1-14-6-17-10-5-4-9(13)11(18-7-15-2)12(10)19-8-16-3/h4-5,9-13H,6-8H2,1-3H3/t9-,10-,11-,12-/m1/s1. The molecule has 0 unspecified atom stereocenters. The van der Waals surface area contributed by atoms with Gasteiger partial charge in [-0.25, -0.2) is 0 Å². The average Bonchev–Trinajstić information content (AvgIpc) is 2.42. The van der Waals surface area contributed by atoms with Crippen LogP contribution in [0, 0.1) is 0 Å². The van der Waals surface area contributed by atoms with Gasteiger partial charge >= 0.3 is 0 Å². The number of aliphatic hydroxyl groups is 1. The van der Waals surface area contributed by atoms with Crippen LogP contribution in [0.3, 0.4) is 0 Å². The third-order valence-electron chi connectivity index (χ3n) is 2.62. The van der Waals surface area contributed by atoms with Crippen molar-refractivity contribution in [3.8, 4) is 0 Å². The number of hydrogen-bond donors (Lipinski definition) is 1. The molecule has 19 heavy (non-hydrogen) atoms. The molecule has 7 heteroatoms. The van der Waals surface area contributed by atoms with Crippen LogP contribution in [0.15, 0.2) is 12.2 Å². The van der Waals surface area contributed by atoms with E-state index in [4.69, 9.17) is 28.4 Å². The Labute approximate surface area is 113 Å². The first-order valence-corrected chi connectivity index (χ1v) is 5.92. The number of aliphatic hydroxyl groups excluding tert-OH is 1. The molecule has 1 aliphatic rings. The first-order chi connectivity index (χ1) is 9.24. The van der Waals surface area contributed by atoms with Crippen molar-refractivity contribution < 1.29 is 33.5 Å². The van der Waals surface area contributed by atoms with E-state index < -0.39 is 18.3 Å². The Balaban J connectivity index is 2.69. The summed E-state index contributed by atoms with van der Waals surface area (Å²) in [5.41, 5.74) is 0. The van der Waals surface area contributed by atoms with Crippen LogP contribution in [0.1, 0.15) is 0 Å². The Morgan fingerprint density at radius 2 is 1.32 bits per heavy atom. The molecule has 1 aliphatic carbocycles. The van der Waals surface area contributed by atoms with E-state index in [1.54, 1.807) is 12.2 Å². The molecule has 112 valence electrons. The lowest BCUT2D eigenvalue weighted by molar-refractivity contribution is -0.216. The van der Waals surface area contributed by atoms with Gasteiger partial charge in [0.05, 0.1) is 0 Å². The summed E-state index contributed by atoms with van der Waals surface area (Å²) < 4.78 is 31.1. The van der Waals surface area contributed by atoms with Crippen molar-refractivity contribution in [2.24, 2.45) is 0 Å². The highest BCUT2D eigenvalue weighted by molar-refractivity contribution is 5.09. The van der Waals surface area contributed by atoms with Gasteiger partial charge in [0.25, 0.3) is 0 Å². The van der Waals surface area contributed by atoms with Crippen LogP contribution >= 0.6 is 0 Å². The molecule has 7 nitrogen and oxygen atoms in total. The lowest BCUT2D eigenvalue weighted by Gasteiger charge is -2.36. The van der Waals surface area contributed by atoms with Crippen molar-refractivity contribution in [3.05, 3.63) is 12.2 Å². The van der Waals surface area contributed by atoms with E-state index in [1.807, 2.05) is 0 Å². The van der Waals surface area contributed by atoms with Gasteiger partial charge in [-0.3, -0.25) is 0 Å². The van der Waals surface area contributed by atoms with Crippen LogP contribution < -0.4 is 0 Å². The highest BCUT2D eigenvalue weighted by Gasteiger charge is 2.38. The summed E-state index contributed by atoms with van der Waals surface area (Å²) >= 11 is 0. The van der Waals surface area contributed by atoms with Crippen LogP contribution in [0.25, 0.3) is 0 Å². The fourth-order valence-corrected chi connectivity index (χ4v) is 1.80. The SMILES string of the molecule is COCO[C@H]1[C@H](OCOC)[C@H](OCOC)C=C[C@H]1O. The molecular weight excluding hydrogens is 256 g/mol. The molecule has 0 aromatic rings. The van der Waals surface area contributed by atoms with Gasteiger partial charge in [0.15, 0.2) is 0 Å². The zero-order valence-electron chi connectivity index (χ0n) is 11.5. The van der Waals surface area contributed by atoms with E-state index in [0.29, 0.717) is 0 Å². The van der Waals surface area contributed by atoms with E-state index in [2.05, 4.69) is 0 Å². The fraction of sp³-hybridized carbons (Fsp3) is 0.833. The van der Waals surface area contributed by atoms with Crippen LogP contribution in [-0.2, 0) is 28.4 Å². The number of hydrogen-bond acceptors (Lipinski definition) is 7. The number of ether oxygens (including phenoxy) is 6.